The first-order chi connectivity index (χ1) is 8.79. The van der Waals surface area contributed by atoms with Gasteiger partial charge in [0.15, 0.2) is 0 Å². The highest BCUT2D eigenvalue weighted by Gasteiger charge is 2.14. The number of methoxy groups -OCH3 is 2. The van der Waals surface area contributed by atoms with E-state index in [4.69, 9.17) is 9.57 Å². The molecule has 0 spiro atoms. The summed E-state index contributed by atoms with van der Waals surface area (Å²) in [5.41, 5.74) is 0.725. The molecule has 0 fully saturated rings. The Hall–Kier alpha value is -2.08. The van der Waals surface area contributed by atoms with E-state index in [9.17, 15) is 4.79 Å². The predicted molar refractivity (Wildman–Crippen MR) is 67.6 cm³/mol. The number of para-hydroxylation sites is 1. The van der Waals surface area contributed by atoms with Gasteiger partial charge in [0.2, 0.25) is 6.79 Å². The molecule has 0 N–H and O–H groups in total. The Bertz CT molecular complexity index is 381. The van der Waals surface area contributed by atoms with Crippen molar-refractivity contribution >= 4 is 18.0 Å². The van der Waals surface area contributed by atoms with Crippen LogP contribution in [0.4, 0.5) is 10.5 Å². The van der Waals surface area contributed by atoms with Crippen molar-refractivity contribution in [3.8, 4) is 0 Å². The van der Waals surface area contributed by atoms with Gasteiger partial charge < -0.3 is 14.3 Å². The number of carbonyl (C=O) groups excluding carboxylic acids is 1. The third kappa shape index (κ3) is 4.42. The lowest BCUT2D eigenvalue weighted by molar-refractivity contribution is -0.0276. The van der Waals surface area contributed by atoms with Crippen LogP contribution in [0, 0.1) is 0 Å². The molecule has 0 saturated carbocycles. The summed E-state index contributed by atoms with van der Waals surface area (Å²) in [6.45, 7) is 0.320. The highest BCUT2D eigenvalue weighted by Crippen LogP contribution is 2.13. The second kappa shape index (κ2) is 8.08. The van der Waals surface area contributed by atoms with Crippen LogP contribution in [0.3, 0.4) is 0 Å². The van der Waals surface area contributed by atoms with Gasteiger partial charge in [-0.1, -0.05) is 23.4 Å². The maximum absolute atomic E-state index is 11.6. The maximum atomic E-state index is 11.6. The van der Waals surface area contributed by atoms with Gasteiger partial charge in [0.05, 0.1) is 19.9 Å². The van der Waals surface area contributed by atoms with E-state index >= 15 is 0 Å². The molecule has 1 rings (SSSR count). The molecular weight excluding hydrogens is 236 g/mol. The summed E-state index contributed by atoms with van der Waals surface area (Å²) in [6.07, 6.45) is 1.00. The number of benzene rings is 1. The Labute approximate surface area is 106 Å². The summed E-state index contributed by atoms with van der Waals surface area (Å²) >= 11 is 0. The maximum Gasteiger partial charge on any atom is 0.414 e. The fourth-order valence-corrected chi connectivity index (χ4v) is 1.25. The molecule has 1 aromatic carbocycles. The van der Waals surface area contributed by atoms with Crippen LogP contribution in [-0.4, -0.2) is 39.9 Å². The van der Waals surface area contributed by atoms with Gasteiger partial charge in [0.25, 0.3) is 0 Å². The van der Waals surface area contributed by atoms with E-state index in [2.05, 4.69) is 9.89 Å². The Balaban J connectivity index is 2.63. The molecule has 6 nitrogen and oxygen atoms in total. The molecule has 18 heavy (non-hydrogen) atoms. The molecular formula is C12H16N2O4. The summed E-state index contributed by atoms with van der Waals surface area (Å²) in [5, 5.41) is 3.64. The van der Waals surface area contributed by atoms with Crippen LogP contribution < -0.4 is 4.90 Å². The molecule has 0 bridgehead atoms. The number of oxime groups is 1. The van der Waals surface area contributed by atoms with E-state index in [0.717, 1.165) is 5.69 Å². The fourth-order valence-electron chi connectivity index (χ4n) is 1.25. The number of carbonyl (C=O) groups is 1. The first-order valence-corrected chi connectivity index (χ1v) is 5.33. The summed E-state index contributed by atoms with van der Waals surface area (Å²) in [7, 11) is 2.83. The Morgan fingerprint density at radius 1 is 1.33 bits per heavy atom. The van der Waals surface area contributed by atoms with E-state index in [1.54, 1.807) is 12.1 Å². The van der Waals surface area contributed by atoms with Crippen molar-refractivity contribution in [1.29, 1.82) is 0 Å². The van der Waals surface area contributed by atoms with E-state index in [1.165, 1.54) is 25.3 Å². The minimum Gasteiger partial charge on any atom is -0.452 e. The zero-order valence-corrected chi connectivity index (χ0v) is 10.4. The summed E-state index contributed by atoms with van der Waals surface area (Å²) < 4.78 is 9.37. The lowest BCUT2D eigenvalue weighted by atomic mass is 10.3. The van der Waals surface area contributed by atoms with Gasteiger partial charge in [-0.15, -0.1) is 0 Å². The van der Waals surface area contributed by atoms with Gasteiger partial charge in [0, 0.05) is 12.8 Å². The Morgan fingerprint density at radius 3 is 2.67 bits per heavy atom. The molecule has 0 unspecified atom stereocenters. The number of anilines is 1. The Kier molecular flexibility index (Phi) is 6.27. The molecule has 1 aromatic rings. The van der Waals surface area contributed by atoms with Gasteiger partial charge in [-0.05, 0) is 12.1 Å². The van der Waals surface area contributed by atoms with Gasteiger partial charge in [-0.2, -0.15) is 0 Å². The molecule has 0 radical (unpaired) electrons. The van der Waals surface area contributed by atoms with Crippen molar-refractivity contribution < 1.29 is 19.1 Å². The number of hydrogen-bond donors (Lipinski definition) is 0. The zero-order valence-electron chi connectivity index (χ0n) is 10.4. The topological polar surface area (TPSA) is 60.4 Å². The number of nitrogens with zero attached hydrogens (tertiary/aromatic N) is 2. The second-order valence-corrected chi connectivity index (χ2v) is 3.24. The van der Waals surface area contributed by atoms with E-state index in [1.807, 2.05) is 18.2 Å². The quantitative estimate of drug-likeness (QED) is 0.335. The number of hydrogen-bond acceptors (Lipinski definition) is 5. The SMILES string of the molecule is COCO/N=C/CN(C(=O)OC)c1ccccc1. The number of rotatable bonds is 6. The van der Waals surface area contributed by atoms with Crippen molar-refractivity contribution in [3.05, 3.63) is 30.3 Å². The average Bonchev–Trinajstić information content (AvgIpc) is 2.43. The average molecular weight is 252 g/mol. The van der Waals surface area contributed by atoms with Crippen molar-refractivity contribution in [1.82, 2.24) is 0 Å². The minimum absolute atomic E-state index is 0.0695. The zero-order chi connectivity index (χ0) is 13.2. The van der Waals surface area contributed by atoms with Crippen molar-refractivity contribution in [2.24, 2.45) is 5.16 Å². The first-order valence-electron chi connectivity index (χ1n) is 5.33. The summed E-state index contributed by atoms with van der Waals surface area (Å²) in [4.78, 5) is 17.8. The highest BCUT2D eigenvalue weighted by atomic mass is 16.7. The van der Waals surface area contributed by atoms with Crippen LogP contribution in [0.1, 0.15) is 0 Å². The van der Waals surface area contributed by atoms with Gasteiger partial charge >= 0.3 is 6.09 Å². The molecule has 0 aliphatic rings. The number of ether oxygens (including phenoxy) is 2. The molecule has 1 amide bonds. The van der Waals surface area contributed by atoms with Crippen LogP contribution in [0.5, 0.6) is 0 Å². The van der Waals surface area contributed by atoms with E-state index in [-0.39, 0.29) is 13.3 Å². The molecule has 98 valence electrons. The molecule has 6 heteroatoms. The largest absolute Gasteiger partial charge is 0.452 e. The normalized spacial score (nSPS) is 10.3. The van der Waals surface area contributed by atoms with Crippen molar-refractivity contribution in [3.63, 3.8) is 0 Å². The summed E-state index contributed by atoms with van der Waals surface area (Å²) in [6, 6.07) is 9.16. The monoisotopic (exact) mass is 252 g/mol. The lowest BCUT2D eigenvalue weighted by Crippen LogP contribution is -2.32. The summed E-state index contributed by atoms with van der Waals surface area (Å²) in [5.74, 6) is 0. The third-order valence-corrected chi connectivity index (χ3v) is 2.05. The predicted octanol–water partition coefficient (Wildman–Crippen LogP) is 1.87. The van der Waals surface area contributed by atoms with Gasteiger partial charge in [-0.25, -0.2) is 4.79 Å². The molecule has 0 aromatic heterocycles. The Morgan fingerprint density at radius 2 is 2.06 bits per heavy atom. The standard InChI is InChI=1S/C12H16N2O4/c1-16-10-18-13-8-9-14(12(15)17-2)11-6-4-3-5-7-11/h3-8H,9-10H2,1-2H3/b13-8+. The van der Waals surface area contributed by atoms with Crippen LogP contribution >= 0.6 is 0 Å². The molecule has 0 aliphatic carbocycles. The van der Waals surface area contributed by atoms with Gasteiger partial charge in [0.1, 0.15) is 0 Å². The number of amides is 1. The first kappa shape index (κ1) is 14.0. The fraction of sp³-hybridized carbons (Fsp3) is 0.333. The van der Waals surface area contributed by atoms with E-state index in [0.29, 0.717) is 0 Å². The van der Waals surface area contributed by atoms with Crippen LogP contribution in [0.2, 0.25) is 0 Å². The van der Waals surface area contributed by atoms with Crippen LogP contribution in [0.15, 0.2) is 35.5 Å². The van der Waals surface area contributed by atoms with Crippen LogP contribution in [0.25, 0.3) is 0 Å². The van der Waals surface area contributed by atoms with Gasteiger partial charge in [-0.3, -0.25) is 4.90 Å². The highest BCUT2D eigenvalue weighted by molar-refractivity contribution is 5.91. The second-order valence-electron chi connectivity index (χ2n) is 3.24. The minimum atomic E-state index is -0.459. The lowest BCUT2D eigenvalue weighted by Gasteiger charge is -2.18. The molecule has 0 atom stereocenters. The van der Waals surface area contributed by atoms with E-state index < -0.39 is 6.09 Å². The van der Waals surface area contributed by atoms with Crippen LogP contribution in [-0.2, 0) is 14.3 Å². The molecule has 0 aliphatic heterocycles. The molecule has 0 saturated heterocycles. The van der Waals surface area contributed by atoms with Crippen molar-refractivity contribution in [2.45, 2.75) is 0 Å². The smallest absolute Gasteiger partial charge is 0.414 e. The third-order valence-electron chi connectivity index (χ3n) is 2.05. The molecule has 0 heterocycles. The van der Waals surface area contributed by atoms with Crippen molar-refractivity contribution in [2.75, 3.05) is 32.5 Å².